The summed E-state index contributed by atoms with van der Waals surface area (Å²) < 4.78 is 0. The molecule has 0 radical (unpaired) electrons. The topological polar surface area (TPSA) is 72.3 Å². The van der Waals surface area contributed by atoms with Gasteiger partial charge in [0.05, 0.1) is 5.69 Å². The molecule has 5 N–H and O–H groups in total. The highest BCUT2D eigenvalue weighted by molar-refractivity contribution is 5.62. The van der Waals surface area contributed by atoms with E-state index in [4.69, 9.17) is 16.6 Å². The Morgan fingerprint density at radius 1 is 1.05 bits per heavy atom. The lowest BCUT2D eigenvalue weighted by molar-refractivity contribution is 0.478. The van der Waals surface area contributed by atoms with Crippen LogP contribution in [0.4, 0.5) is 5.69 Å². The van der Waals surface area contributed by atoms with E-state index >= 15 is 0 Å². The van der Waals surface area contributed by atoms with E-state index in [1.54, 1.807) is 24.3 Å². The fourth-order valence-electron chi connectivity index (χ4n) is 1.46. The largest absolute Gasteiger partial charge is 0.506 e. The molecule has 0 bridgehead atoms. The van der Waals surface area contributed by atoms with Crippen molar-refractivity contribution in [3.63, 3.8) is 0 Å². The molecule has 0 aromatic heterocycles. The number of nitrogens with two attached hydrogens (primary N) is 2. The van der Waals surface area contributed by atoms with E-state index in [1.165, 1.54) is 0 Å². The Morgan fingerprint density at radius 2 is 1.63 bits per heavy atom. The number of nitrogen functional groups attached to an aromatic ring is 1. The summed E-state index contributed by atoms with van der Waals surface area (Å²) in [4.78, 5) is 0. The Hall–Kier alpha value is -2.42. The maximum absolute atomic E-state index is 8.79. The maximum Gasteiger partial charge on any atom is 0.138 e. The quantitative estimate of drug-likeness (QED) is 0.570. The summed E-state index contributed by atoms with van der Waals surface area (Å²) in [6.45, 7) is 2.08. The van der Waals surface area contributed by atoms with Gasteiger partial charge in [0, 0.05) is 5.70 Å². The van der Waals surface area contributed by atoms with E-state index < -0.39 is 0 Å². The molecule has 0 spiro atoms. The second kappa shape index (κ2) is 7.82. The number of allylic oxidation sites excluding steroid dienone is 1. The molecule has 19 heavy (non-hydrogen) atoms. The molecule has 0 heterocycles. The Kier molecular flexibility index (Phi) is 6.03. The van der Waals surface area contributed by atoms with Crippen molar-refractivity contribution < 1.29 is 5.11 Å². The van der Waals surface area contributed by atoms with E-state index in [1.807, 2.05) is 36.4 Å². The third-order valence-electron chi connectivity index (χ3n) is 2.47. The van der Waals surface area contributed by atoms with Gasteiger partial charge in [0.15, 0.2) is 0 Å². The summed E-state index contributed by atoms with van der Waals surface area (Å²) >= 11 is 0. The van der Waals surface area contributed by atoms with Crippen LogP contribution >= 0.6 is 0 Å². The highest BCUT2D eigenvalue weighted by Gasteiger charge is 1.91. The lowest BCUT2D eigenvalue weighted by Crippen LogP contribution is -1.94. The third-order valence-corrected chi connectivity index (χ3v) is 2.47. The van der Waals surface area contributed by atoms with Crippen LogP contribution in [0.2, 0.25) is 0 Å². The van der Waals surface area contributed by atoms with Crippen LogP contribution in [0.5, 0.6) is 5.75 Å². The molecule has 2 aromatic rings. The van der Waals surface area contributed by atoms with Crippen molar-refractivity contribution in [2.45, 2.75) is 13.3 Å². The minimum atomic E-state index is 0.146. The van der Waals surface area contributed by atoms with E-state index in [0.717, 1.165) is 17.7 Å². The Balaban J connectivity index is 0.000000200. The number of hydrogen-bond donors (Lipinski definition) is 3. The summed E-state index contributed by atoms with van der Waals surface area (Å²) in [7, 11) is 0. The molecule has 3 nitrogen and oxygen atoms in total. The van der Waals surface area contributed by atoms with Crippen molar-refractivity contribution in [3.8, 4) is 5.75 Å². The number of phenolic OH excluding ortho intramolecular Hbond substituents is 1. The molecule has 2 rings (SSSR count). The molecule has 2 aromatic carbocycles. The molecule has 0 saturated heterocycles. The summed E-state index contributed by atoms with van der Waals surface area (Å²) in [5, 5.41) is 8.79. The van der Waals surface area contributed by atoms with Gasteiger partial charge in [-0.25, -0.2) is 0 Å². The first kappa shape index (κ1) is 14.6. The van der Waals surface area contributed by atoms with Gasteiger partial charge in [0.25, 0.3) is 0 Å². The fraction of sp³-hybridized carbons (Fsp3) is 0.125. The monoisotopic (exact) mass is 256 g/mol. The van der Waals surface area contributed by atoms with Crippen molar-refractivity contribution in [2.75, 3.05) is 5.73 Å². The number of aromatic hydroxyl groups is 1. The number of benzene rings is 2. The van der Waals surface area contributed by atoms with Crippen molar-refractivity contribution in [1.29, 1.82) is 0 Å². The predicted molar refractivity (Wildman–Crippen MR) is 81.4 cm³/mol. The highest BCUT2D eigenvalue weighted by Crippen LogP contribution is 2.16. The van der Waals surface area contributed by atoms with Crippen molar-refractivity contribution in [3.05, 3.63) is 66.2 Å². The molecule has 0 aliphatic carbocycles. The van der Waals surface area contributed by atoms with E-state index in [-0.39, 0.29) is 5.75 Å². The van der Waals surface area contributed by atoms with Gasteiger partial charge in [0.1, 0.15) is 5.75 Å². The van der Waals surface area contributed by atoms with Gasteiger partial charge in [-0.15, -0.1) is 0 Å². The minimum absolute atomic E-state index is 0.146. The average molecular weight is 256 g/mol. The van der Waals surface area contributed by atoms with Crippen molar-refractivity contribution in [2.24, 2.45) is 5.73 Å². The molecule has 3 heteroatoms. The van der Waals surface area contributed by atoms with Crippen LogP contribution in [0.3, 0.4) is 0 Å². The van der Waals surface area contributed by atoms with Crippen LogP contribution in [0.25, 0.3) is 5.70 Å². The molecule has 0 aliphatic rings. The molecule has 100 valence electrons. The summed E-state index contributed by atoms with van der Waals surface area (Å²) in [6, 6.07) is 16.7. The number of anilines is 1. The second-order valence-electron chi connectivity index (χ2n) is 3.99. The lowest BCUT2D eigenvalue weighted by Gasteiger charge is -1.98. The first-order valence-corrected chi connectivity index (χ1v) is 6.19. The summed E-state index contributed by atoms with van der Waals surface area (Å²) in [6.07, 6.45) is 3.01. The van der Waals surface area contributed by atoms with Gasteiger partial charge in [-0.3, -0.25) is 0 Å². The van der Waals surface area contributed by atoms with Gasteiger partial charge < -0.3 is 16.6 Å². The zero-order chi connectivity index (χ0) is 14.1. The maximum atomic E-state index is 8.79. The van der Waals surface area contributed by atoms with E-state index in [0.29, 0.717) is 5.69 Å². The van der Waals surface area contributed by atoms with Gasteiger partial charge in [-0.2, -0.15) is 0 Å². The van der Waals surface area contributed by atoms with E-state index in [9.17, 15) is 0 Å². The number of rotatable bonds is 2. The third kappa shape index (κ3) is 5.17. The molecule has 0 fully saturated rings. The number of para-hydroxylation sites is 2. The van der Waals surface area contributed by atoms with Gasteiger partial charge in [-0.1, -0.05) is 55.5 Å². The molecule has 0 unspecified atom stereocenters. The smallest absolute Gasteiger partial charge is 0.138 e. The summed E-state index contributed by atoms with van der Waals surface area (Å²) in [5.41, 5.74) is 13.4. The average Bonchev–Trinajstić information content (AvgIpc) is 2.44. The van der Waals surface area contributed by atoms with E-state index in [2.05, 4.69) is 6.92 Å². The standard InChI is InChI=1S/C10H13N.C6H7NO/c1-2-6-10(11)9-7-4-3-5-8-9;7-5-3-1-2-4-6(5)8/h3-8H,2,11H2,1H3;1-4,8H,7H2/b10-6-;. The van der Waals surface area contributed by atoms with Crippen LogP contribution in [0.1, 0.15) is 18.9 Å². The zero-order valence-corrected chi connectivity index (χ0v) is 11.1. The Bertz CT molecular complexity index is 500. The van der Waals surface area contributed by atoms with Gasteiger partial charge in [0.2, 0.25) is 0 Å². The van der Waals surface area contributed by atoms with Gasteiger partial charge >= 0.3 is 0 Å². The molecular weight excluding hydrogens is 236 g/mol. The van der Waals surface area contributed by atoms with Crippen molar-refractivity contribution in [1.82, 2.24) is 0 Å². The second-order valence-corrected chi connectivity index (χ2v) is 3.99. The molecule has 0 atom stereocenters. The minimum Gasteiger partial charge on any atom is -0.506 e. The number of phenols is 1. The van der Waals surface area contributed by atoms with Crippen LogP contribution in [-0.2, 0) is 0 Å². The van der Waals surface area contributed by atoms with Gasteiger partial charge in [-0.05, 0) is 24.1 Å². The molecule has 0 saturated carbocycles. The van der Waals surface area contributed by atoms with Crippen LogP contribution < -0.4 is 11.5 Å². The molecule has 0 amide bonds. The first-order chi connectivity index (χ1) is 9.15. The fourth-order valence-corrected chi connectivity index (χ4v) is 1.46. The molecule has 0 aliphatic heterocycles. The highest BCUT2D eigenvalue weighted by atomic mass is 16.3. The normalized spacial score (nSPS) is 10.5. The van der Waals surface area contributed by atoms with Crippen LogP contribution in [0, 0.1) is 0 Å². The molecular formula is C16H20N2O. The van der Waals surface area contributed by atoms with Crippen LogP contribution in [-0.4, -0.2) is 5.11 Å². The SMILES string of the molecule is CC/C=C(\N)c1ccccc1.Nc1ccccc1O. The predicted octanol–water partition coefficient (Wildman–Crippen LogP) is 3.37. The summed E-state index contributed by atoms with van der Waals surface area (Å²) in [5.74, 6) is 0.146. The lowest BCUT2D eigenvalue weighted by atomic mass is 10.1. The van der Waals surface area contributed by atoms with Crippen LogP contribution in [0.15, 0.2) is 60.7 Å². The zero-order valence-electron chi connectivity index (χ0n) is 11.1. The first-order valence-electron chi connectivity index (χ1n) is 6.19. The number of hydrogen-bond acceptors (Lipinski definition) is 3. The van der Waals surface area contributed by atoms with Crippen molar-refractivity contribution >= 4 is 11.4 Å². The Morgan fingerprint density at radius 3 is 2.11 bits per heavy atom. The Labute approximate surface area is 114 Å².